The smallest absolute Gasteiger partial charge is 0.269 e. The van der Waals surface area contributed by atoms with Crippen molar-refractivity contribution in [2.75, 3.05) is 0 Å². The van der Waals surface area contributed by atoms with Gasteiger partial charge in [0.05, 0.1) is 5.60 Å². The van der Waals surface area contributed by atoms with Crippen LogP contribution < -0.4 is 0 Å². The van der Waals surface area contributed by atoms with Gasteiger partial charge in [0.1, 0.15) is 0 Å². The molecule has 0 spiro atoms. The van der Waals surface area contributed by atoms with E-state index < -0.39 is 20.9 Å². The minimum Gasteiger partial charge on any atom is -0.411 e. The molecule has 5 heteroatoms. The van der Waals surface area contributed by atoms with Gasteiger partial charge in [0, 0.05) is 6.04 Å². The van der Waals surface area contributed by atoms with E-state index in [9.17, 15) is 13.2 Å². The van der Waals surface area contributed by atoms with E-state index >= 15 is 0 Å². The second-order valence-corrected chi connectivity index (χ2v) is 10.9. The van der Waals surface area contributed by atoms with Gasteiger partial charge in [-0.05, 0) is 50.4 Å². The molecule has 2 rings (SSSR count). The highest BCUT2D eigenvalue weighted by molar-refractivity contribution is 6.73. The standard InChI is InChI=1S/C17H25F3OSi/c1-13-7-4-5-8-14(13)11-22(12-15(18)16(19)20)10-6-9-17(2,3)21-22/h4-5,7-8,15-16H,6,9-12H2,1-3H3. The molecule has 0 aliphatic carbocycles. The van der Waals surface area contributed by atoms with E-state index in [1.807, 2.05) is 45.0 Å². The van der Waals surface area contributed by atoms with Crippen molar-refractivity contribution in [3.63, 3.8) is 0 Å². The first-order valence-electron chi connectivity index (χ1n) is 7.90. The summed E-state index contributed by atoms with van der Waals surface area (Å²) >= 11 is 0. The van der Waals surface area contributed by atoms with Gasteiger partial charge in [-0.1, -0.05) is 30.7 Å². The van der Waals surface area contributed by atoms with Crippen molar-refractivity contribution in [1.82, 2.24) is 0 Å². The number of halogens is 3. The van der Waals surface area contributed by atoms with Gasteiger partial charge in [0.25, 0.3) is 6.43 Å². The number of hydrogen-bond donors (Lipinski definition) is 0. The maximum Gasteiger partial charge on any atom is 0.269 e. The monoisotopic (exact) mass is 330 g/mol. The molecule has 1 saturated heterocycles. The molecule has 0 amide bonds. The average Bonchev–Trinajstić information content (AvgIpc) is 2.40. The molecule has 0 bridgehead atoms. The lowest BCUT2D eigenvalue weighted by Gasteiger charge is -2.45. The van der Waals surface area contributed by atoms with Gasteiger partial charge in [-0.25, -0.2) is 13.2 Å². The Kier molecular flexibility index (Phi) is 5.38. The highest BCUT2D eigenvalue weighted by Crippen LogP contribution is 2.39. The quantitative estimate of drug-likeness (QED) is 0.673. The van der Waals surface area contributed by atoms with Gasteiger partial charge < -0.3 is 4.43 Å². The van der Waals surface area contributed by atoms with Crippen molar-refractivity contribution in [2.45, 2.75) is 69.9 Å². The first kappa shape index (κ1) is 17.5. The summed E-state index contributed by atoms with van der Waals surface area (Å²) in [6.45, 7) is 5.98. The Hall–Kier alpha value is -0.813. The van der Waals surface area contributed by atoms with Gasteiger partial charge >= 0.3 is 0 Å². The molecule has 22 heavy (non-hydrogen) atoms. The van der Waals surface area contributed by atoms with E-state index in [-0.39, 0.29) is 11.6 Å². The van der Waals surface area contributed by atoms with Crippen LogP contribution in [0.2, 0.25) is 12.1 Å². The molecule has 1 fully saturated rings. The fourth-order valence-electron chi connectivity index (χ4n) is 3.46. The Morgan fingerprint density at radius 1 is 1.23 bits per heavy atom. The Bertz CT molecular complexity index is 506. The van der Waals surface area contributed by atoms with Crippen LogP contribution in [-0.2, 0) is 10.5 Å². The van der Waals surface area contributed by atoms with E-state index in [4.69, 9.17) is 4.43 Å². The Morgan fingerprint density at radius 2 is 1.91 bits per heavy atom. The zero-order chi connectivity index (χ0) is 16.4. The van der Waals surface area contributed by atoms with Crippen LogP contribution in [0.15, 0.2) is 24.3 Å². The lowest BCUT2D eigenvalue weighted by Crippen LogP contribution is -2.53. The molecule has 1 aliphatic heterocycles. The van der Waals surface area contributed by atoms with E-state index in [1.54, 1.807) is 0 Å². The van der Waals surface area contributed by atoms with Gasteiger partial charge in [-0.2, -0.15) is 0 Å². The predicted octanol–water partition coefficient (Wildman–Crippen LogP) is 5.21. The van der Waals surface area contributed by atoms with Gasteiger partial charge in [-0.3, -0.25) is 0 Å². The highest BCUT2D eigenvalue weighted by atomic mass is 28.4. The number of benzene rings is 1. The minimum absolute atomic E-state index is 0.109. The molecule has 0 saturated carbocycles. The predicted molar refractivity (Wildman–Crippen MR) is 85.5 cm³/mol. The number of aryl methyl sites for hydroxylation is 1. The third-order valence-corrected chi connectivity index (χ3v) is 8.93. The summed E-state index contributed by atoms with van der Waals surface area (Å²) in [5, 5.41) is 0. The largest absolute Gasteiger partial charge is 0.411 e. The van der Waals surface area contributed by atoms with E-state index in [0.717, 1.165) is 30.0 Å². The van der Waals surface area contributed by atoms with Crippen LogP contribution in [0.1, 0.15) is 37.8 Å². The van der Waals surface area contributed by atoms with Crippen LogP contribution in [0.4, 0.5) is 13.2 Å². The first-order chi connectivity index (χ1) is 10.2. The Balaban J connectivity index is 2.27. The number of alkyl halides is 3. The summed E-state index contributed by atoms with van der Waals surface area (Å²) in [6.07, 6.45) is -3.16. The Morgan fingerprint density at radius 3 is 2.50 bits per heavy atom. The zero-order valence-electron chi connectivity index (χ0n) is 13.5. The van der Waals surface area contributed by atoms with Gasteiger partial charge in [-0.15, -0.1) is 0 Å². The summed E-state index contributed by atoms with van der Waals surface area (Å²) in [7, 11) is -2.57. The molecule has 1 heterocycles. The van der Waals surface area contributed by atoms with Crippen molar-refractivity contribution in [3.05, 3.63) is 35.4 Å². The topological polar surface area (TPSA) is 9.23 Å². The second-order valence-electron chi connectivity index (χ2n) is 7.06. The van der Waals surface area contributed by atoms with E-state index in [0.29, 0.717) is 6.04 Å². The summed E-state index contributed by atoms with van der Waals surface area (Å²) in [4.78, 5) is 0. The van der Waals surface area contributed by atoms with Crippen molar-refractivity contribution < 1.29 is 17.6 Å². The van der Waals surface area contributed by atoms with Crippen LogP contribution in [-0.4, -0.2) is 26.5 Å². The minimum atomic E-state index is -2.92. The first-order valence-corrected chi connectivity index (χ1v) is 10.4. The summed E-state index contributed by atoms with van der Waals surface area (Å²) in [6, 6.07) is 9.18. The fourth-order valence-corrected chi connectivity index (χ4v) is 8.32. The van der Waals surface area contributed by atoms with Crippen molar-refractivity contribution in [2.24, 2.45) is 0 Å². The van der Waals surface area contributed by atoms with Crippen LogP contribution in [0.5, 0.6) is 0 Å². The summed E-state index contributed by atoms with van der Waals surface area (Å²) in [5.41, 5.74) is 1.89. The third-order valence-electron chi connectivity index (χ3n) is 4.52. The highest BCUT2D eigenvalue weighted by Gasteiger charge is 2.46. The van der Waals surface area contributed by atoms with Crippen molar-refractivity contribution in [1.29, 1.82) is 0 Å². The normalized spacial score (nSPS) is 26.1. The van der Waals surface area contributed by atoms with Crippen LogP contribution >= 0.6 is 0 Å². The van der Waals surface area contributed by atoms with Crippen LogP contribution in [0.3, 0.4) is 0 Å². The van der Waals surface area contributed by atoms with E-state index in [1.165, 1.54) is 0 Å². The number of hydrogen-bond acceptors (Lipinski definition) is 1. The fraction of sp³-hybridized carbons (Fsp3) is 0.647. The van der Waals surface area contributed by atoms with Gasteiger partial charge in [0.15, 0.2) is 6.17 Å². The van der Waals surface area contributed by atoms with E-state index in [2.05, 4.69) is 0 Å². The maximum atomic E-state index is 13.8. The summed E-state index contributed by atoms with van der Waals surface area (Å²) < 4.78 is 45.6. The molecule has 1 aliphatic rings. The van der Waals surface area contributed by atoms with Crippen molar-refractivity contribution >= 4 is 8.32 Å². The molecule has 0 radical (unpaired) electrons. The second kappa shape index (κ2) is 6.75. The molecule has 124 valence electrons. The lowest BCUT2D eigenvalue weighted by molar-refractivity contribution is 0.0393. The molecule has 0 N–H and O–H groups in total. The maximum absolute atomic E-state index is 13.8. The third kappa shape index (κ3) is 4.35. The summed E-state index contributed by atoms with van der Waals surface area (Å²) in [5.74, 6) is 0. The van der Waals surface area contributed by atoms with Crippen LogP contribution in [0, 0.1) is 6.92 Å². The molecule has 1 aromatic carbocycles. The Labute approximate surface area is 132 Å². The van der Waals surface area contributed by atoms with Crippen LogP contribution in [0.25, 0.3) is 0 Å². The zero-order valence-corrected chi connectivity index (χ0v) is 14.5. The average molecular weight is 330 g/mol. The number of rotatable bonds is 5. The molecular formula is C17H25F3OSi. The molecule has 0 aromatic heterocycles. The lowest BCUT2D eigenvalue weighted by atomic mass is 10.0. The molecule has 2 atom stereocenters. The molecule has 1 aromatic rings. The van der Waals surface area contributed by atoms with Crippen molar-refractivity contribution in [3.8, 4) is 0 Å². The molecule has 2 unspecified atom stereocenters. The molecule has 1 nitrogen and oxygen atoms in total. The molecular weight excluding hydrogens is 305 g/mol. The van der Waals surface area contributed by atoms with Gasteiger partial charge in [0.2, 0.25) is 8.32 Å². The SMILES string of the molecule is Cc1ccccc1C[Si]1(CC(F)C(F)F)CCCC(C)(C)O1.